The summed E-state index contributed by atoms with van der Waals surface area (Å²) >= 11 is 0. The van der Waals surface area contributed by atoms with Crippen LogP contribution < -0.4 is 10.6 Å². The van der Waals surface area contributed by atoms with Gasteiger partial charge in [0.05, 0.1) is 24.9 Å². The van der Waals surface area contributed by atoms with Crippen LogP contribution >= 0.6 is 0 Å². The quantitative estimate of drug-likeness (QED) is 0.701. The van der Waals surface area contributed by atoms with Crippen molar-refractivity contribution < 1.29 is 14.0 Å². The van der Waals surface area contributed by atoms with Gasteiger partial charge in [0.15, 0.2) is 0 Å². The maximum Gasteiger partial charge on any atom is 0.253 e. The average molecular weight is 325 g/mol. The van der Waals surface area contributed by atoms with Gasteiger partial charge in [-0.1, -0.05) is 0 Å². The first-order chi connectivity index (χ1) is 11.7. The van der Waals surface area contributed by atoms with E-state index in [1.807, 2.05) is 0 Å². The molecule has 0 atom stereocenters. The summed E-state index contributed by atoms with van der Waals surface area (Å²) in [6.45, 7) is 0.158. The number of pyridine rings is 1. The summed E-state index contributed by atoms with van der Waals surface area (Å²) in [6.07, 6.45) is 8.00. The van der Waals surface area contributed by atoms with Gasteiger partial charge in [-0.15, -0.1) is 0 Å². The van der Waals surface area contributed by atoms with Crippen molar-refractivity contribution in [2.45, 2.75) is 6.54 Å². The van der Waals surface area contributed by atoms with E-state index in [1.165, 1.54) is 12.5 Å². The zero-order valence-corrected chi connectivity index (χ0v) is 12.7. The molecule has 0 saturated carbocycles. The topological polar surface area (TPSA) is 102 Å². The van der Waals surface area contributed by atoms with E-state index in [-0.39, 0.29) is 24.9 Å². The normalized spacial score (nSPS) is 10.3. The summed E-state index contributed by atoms with van der Waals surface area (Å²) in [4.78, 5) is 31.8. The molecule has 24 heavy (non-hydrogen) atoms. The largest absolute Gasteiger partial charge is 0.467 e. The Labute approximate surface area is 137 Å². The van der Waals surface area contributed by atoms with Crippen molar-refractivity contribution in [2.24, 2.45) is 0 Å². The van der Waals surface area contributed by atoms with Crippen molar-refractivity contribution >= 4 is 11.8 Å². The van der Waals surface area contributed by atoms with Crippen LogP contribution in [0.5, 0.6) is 0 Å². The van der Waals surface area contributed by atoms with Crippen molar-refractivity contribution in [2.75, 3.05) is 6.54 Å². The van der Waals surface area contributed by atoms with E-state index in [2.05, 4.69) is 20.6 Å². The number of hydrogen-bond acceptors (Lipinski definition) is 5. The third-order valence-corrected chi connectivity index (χ3v) is 3.23. The van der Waals surface area contributed by atoms with Crippen LogP contribution in [-0.4, -0.2) is 32.9 Å². The van der Waals surface area contributed by atoms with Crippen molar-refractivity contribution in [3.63, 3.8) is 0 Å². The van der Waals surface area contributed by atoms with Gasteiger partial charge in [0.1, 0.15) is 17.9 Å². The molecule has 122 valence electrons. The first-order valence-corrected chi connectivity index (χ1v) is 7.24. The number of aromatic nitrogens is 3. The average Bonchev–Trinajstić information content (AvgIpc) is 3.31. The molecule has 2 amide bonds. The zero-order chi connectivity index (χ0) is 16.8. The van der Waals surface area contributed by atoms with Gasteiger partial charge in [-0.05, 0) is 24.3 Å². The van der Waals surface area contributed by atoms with Crippen molar-refractivity contribution in [3.8, 4) is 5.82 Å². The lowest BCUT2D eigenvalue weighted by molar-refractivity contribution is -0.120. The van der Waals surface area contributed by atoms with Gasteiger partial charge >= 0.3 is 0 Å². The summed E-state index contributed by atoms with van der Waals surface area (Å²) in [5, 5.41) is 5.19. The van der Waals surface area contributed by atoms with Gasteiger partial charge in [0, 0.05) is 18.6 Å². The van der Waals surface area contributed by atoms with Gasteiger partial charge in [0.25, 0.3) is 5.91 Å². The van der Waals surface area contributed by atoms with Crippen LogP contribution in [0.1, 0.15) is 16.1 Å². The zero-order valence-electron chi connectivity index (χ0n) is 12.7. The molecule has 0 saturated heterocycles. The lowest BCUT2D eigenvalue weighted by Gasteiger charge is -2.06. The number of imidazole rings is 1. The van der Waals surface area contributed by atoms with Gasteiger partial charge in [-0.2, -0.15) is 0 Å². The Balaban J connectivity index is 1.48. The number of carbonyl (C=O) groups excluding carboxylic acids is 2. The van der Waals surface area contributed by atoms with E-state index in [0.29, 0.717) is 17.1 Å². The molecule has 0 fully saturated rings. The highest BCUT2D eigenvalue weighted by Crippen LogP contribution is 2.05. The number of nitrogens with one attached hydrogen (secondary N) is 2. The predicted octanol–water partition coefficient (Wildman–Crippen LogP) is 0.906. The minimum Gasteiger partial charge on any atom is -0.467 e. The fourth-order valence-corrected chi connectivity index (χ4v) is 1.99. The molecule has 0 bridgehead atoms. The molecular formula is C16H15N5O3. The maximum absolute atomic E-state index is 12.0. The molecule has 0 aliphatic heterocycles. The molecule has 0 unspecified atom stereocenters. The standard InChI is InChI=1S/C16H15N5O3/c22-15(19-9-13-2-1-7-24-13)10-20-16(23)12-3-4-14(18-8-12)21-6-5-17-11-21/h1-8,11H,9-10H2,(H,19,22)(H,20,23). The molecular weight excluding hydrogens is 310 g/mol. The fraction of sp³-hybridized carbons (Fsp3) is 0.125. The lowest BCUT2D eigenvalue weighted by Crippen LogP contribution is -2.36. The SMILES string of the molecule is O=C(CNC(=O)c1ccc(-n2ccnc2)nc1)NCc1ccco1. The molecule has 8 heteroatoms. The Morgan fingerprint density at radius 3 is 2.79 bits per heavy atom. The van der Waals surface area contributed by atoms with Crippen LogP contribution in [0.3, 0.4) is 0 Å². The van der Waals surface area contributed by atoms with E-state index >= 15 is 0 Å². The van der Waals surface area contributed by atoms with Gasteiger partial charge < -0.3 is 15.1 Å². The first-order valence-electron chi connectivity index (χ1n) is 7.24. The van der Waals surface area contributed by atoms with E-state index in [1.54, 1.807) is 47.6 Å². The monoisotopic (exact) mass is 325 g/mol. The van der Waals surface area contributed by atoms with Crippen LogP contribution in [0.25, 0.3) is 5.82 Å². The molecule has 3 heterocycles. The van der Waals surface area contributed by atoms with E-state index < -0.39 is 0 Å². The lowest BCUT2D eigenvalue weighted by atomic mass is 10.2. The van der Waals surface area contributed by atoms with E-state index in [4.69, 9.17) is 4.42 Å². The fourth-order valence-electron chi connectivity index (χ4n) is 1.99. The second-order valence-corrected chi connectivity index (χ2v) is 4.91. The Morgan fingerprint density at radius 1 is 1.21 bits per heavy atom. The molecule has 2 N–H and O–H groups in total. The molecule has 3 rings (SSSR count). The first kappa shape index (κ1) is 15.5. The van der Waals surface area contributed by atoms with Crippen LogP contribution in [0, 0.1) is 0 Å². The summed E-state index contributed by atoms with van der Waals surface area (Å²) in [7, 11) is 0. The van der Waals surface area contributed by atoms with Crippen molar-refractivity contribution in [3.05, 3.63) is 66.8 Å². The van der Waals surface area contributed by atoms with Crippen molar-refractivity contribution in [1.29, 1.82) is 0 Å². The molecule has 3 aromatic rings. The molecule has 0 aliphatic rings. The number of furan rings is 1. The Morgan fingerprint density at radius 2 is 2.12 bits per heavy atom. The summed E-state index contributed by atoms with van der Waals surface area (Å²) in [5.41, 5.74) is 0.373. The molecule has 0 spiro atoms. The van der Waals surface area contributed by atoms with Crippen LogP contribution in [-0.2, 0) is 11.3 Å². The highest BCUT2D eigenvalue weighted by atomic mass is 16.3. The van der Waals surface area contributed by atoms with Crippen molar-refractivity contribution in [1.82, 2.24) is 25.2 Å². The van der Waals surface area contributed by atoms with Gasteiger partial charge in [0.2, 0.25) is 5.91 Å². The summed E-state index contributed by atoms with van der Waals surface area (Å²) in [6, 6.07) is 6.84. The number of rotatable bonds is 6. The van der Waals surface area contributed by atoms with Crippen LogP contribution in [0.2, 0.25) is 0 Å². The predicted molar refractivity (Wildman–Crippen MR) is 84.2 cm³/mol. The minimum atomic E-state index is -0.368. The van der Waals surface area contributed by atoms with Gasteiger partial charge in [-0.25, -0.2) is 9.97 Å². The molecule has 3 aromatic heterocycles. The van der Waals surface area contributed by atoms with Gasteiger partial charge in [-0.3, -0.25) is 14.2 Å². The smallest absolute Gasteiger partial charge is 0.253 e. The maximum atomic E-state index is 12.0. The summed E-state index contributed by atoms with van der Waals surface area (Å²) < 4.78 is 6.83. The van der Waals surface area contributed by atoms with Crippen LogP contribution in [0.4, 0.5) is 0 Å². The third-order valence-electron chi connectivity index (χ3n) is 3.23. The van der Waals surface area contributed by atoms with E-state index in [0.717, 1.165) is 0 Å². The third kappa shape index (κ3) is 3.86. The Hall–Kier alpha value is -3.42. The second kappa shape index (κ2) is 7.23. The van der Waals surface area contributed by atoms with E-state index in [9.17, 15) is 9.59 Å². The molecule has 0 aliphatic carbocycles. The van der Waals surface area contributed by atoms with Crippen LogP contribution in [0.15, 0.2) is 59.9 Å². The minimum absolute atomic E-state index is 0.122. The molecule has 0 aromatic carbocycles. The highest BCUT2D eigenvalue weighted by Gasteiger charge is 2.09. The highest BCUT2D eigenvalue weighted by molar-refractivity contribution is 5.96. The number of amides is 2. The number of nitrogens with zero attached hydrogens (tertiary/aromatic N) is 3. The Bertz CT molecular complexity index is 795. The molecule has 0 radical (unpaired) electrons. The molecule has 8 nitrogen and oxygen atoms in total. The number of carbonyl (C=O) groups is 2. The second-order valence-electron chi connectivity index (χ2n) is 4.91. The Kier molecular flexibility index (Phi) is 4.66. The summed E-state index contributed by atoms with van der Waals surface area (Å²) in [5.74, 6) is 0.629. The number of hydrogen-bond donors (Lipinski definition) is 2.